The van der Waals surface area contributed by atoms with E-state index < -0.39 is 17.9 Å². The number of thiophene rings is 1. The second-order valence-electron chi connectivity index (χ2n) is 4.62. The summed E-state index contributed by atoms with van der Waals surface area (Å²) in [5.41, 5.74) is 1.28. The topological polar surface area (TPSA) is 83.6 Å². The Labute approximate surface area is 118 Å². The van der Waals surface area contributed by atoms with Crippen molar-refractivity contribution in [1.29, 1.82) is 0 Å². The van der Waals surface area contributed by atoms with Crippen molar-refractivity contribution in [3.63, 3.8) is 0 Å². The van der Waals surface area contributed by atoms with Gasteiger partial charge >= 0.3 is 5.97 Å². The van der Waals surface area contributed by atoms with Gasteiger partial charge in [-0.3, -0.25) is 4.79 Å². The van der Waals surface area contributed by atoms with Crippen molar-refractivity contribution in [3.8, 4) is 0 Å². The van der Waals surface area contributed by atoms with Crippen LogP contribution in [-0.4, -0.2) is 33.6 Å². The van der Waals surface area contributed by atoms with Crippen LogP contribution in [0.1, 0.15) is 32.7 Å². The monoisotopic (exact) mass is 292 g/mol. The number of amides is 1. The van der Waals surface area contributed by atoms with Gasteiger partial charge in [-0.05, 0) is 30.4 Å². The zero-order chi connectivity index (χ0) is 14.3. The van der Waals surface area contributed by atoms with E-state index in [1.807, 2.05) is 5.38 Å². The highest BCUT2D eigenvalue weighted by molar-refractivity contribution is 7.10. The number of fused-ring (bicyclic) bond motifs is 1. The minimum absolute atomic E-state index is 0.0763. The van der Waals surface area contributed by atoms with Gasteiger partial charge in [-0.25, -0.2) is 4.79 Å². The predicted octanol–water partition coefficient (Wildman–Crippen LogP) is 1.87. The molecule has 3 heterocycles. The van der Waals surface area contributed by atoms with Crippen molar-refractivity contribution < 1.29 is 19.2 Å². The van der Waals surface area contributed by atoms with Crippen LogP contribution in [0.15, 0.2) is 22.0 Å². The van der Waals surface area contributed by atoms with Gasteiger partial charge in [0.05, 0.1) is 5.69 Å². The molecule has 2 aromatic rings. The smallest absolute Gasteiger partial charge is 0.331 e. The average molecular weight is 292 g/mol. The van der Waals surface area contributed by atoms with E-state index in [2.05, 4.69) is 5.16 Å². The second-order valence-corrected chi connectivity index (χ2v) is 5.62. The molecule has 1 unspecified atom stereocenters. The summed E-state index contributed by atoms with van der Waals surface area (Å²) in [6.07, 6.45) is 0.662. The molecule has 6 nitrogen and oxygen atoms in total. The third-order valence-corrected chi connectivity index (χ3v) is 4.30. The molecule has 1 amide bonds. The fraction of sp³-hybridized carbons (Fsp3) is 0.308. The third kappa shape index (κ3) is 2.00. The largest absolute Gasteiger partial charge is 0.479 e. The molecule has 0 aromatic carbocycles. The Hall–Kier alpha value is -2.15. The lowest BCUT2D eigenvalue weighted by Crippen LogP contribution is -2.42. The molecule has 0 fully saturated rings. The lowest BCUT2D eigenvalue weighted by molar-refractivity contribution is -0.143. The van der Waals surface area contributed by atoms with Crippen LogP contribution >= 0.6 is 11.3 Å². The van der Waals surface area contributed by atoms with Gasteiger partial charge in [0.15, 0.2) is 6.04 Å². The highest BCUT2D eigenvalue weighted by Gasteiger charge is 2.38. The standard InChI is InChI=1S/C13H12N2O4S/c1-7-6-9(19-14-7)12(16)15-4-2-10-8(3-5-20-10)11(15)13(17)18/h3,5-6,11H,2,4H2,1H3,(H,17,18). The highest BCUT2D eigenvalue weighted by atomic mass is 32.1. The van der Waals surface area contributed by atoms with E-state index in [0.29, 0.717) is 24.2 Å². The summed E-state index contributed by atoms with van der Waals surface area (Å²) < 4.78 is 4.95. The van der Waals surface area contributed by atoms with Crippen LogP contribution < -0.4 is 0 Å². The van der Waals surface area contributed by atoms with Gasteiger partial charge in [-0.1, -0.05) is 5.16 Å². The minimum atomic E-state index is -1.03. The fourth-order valence-electron chi connectivity index (χ4n) is 2.41. The van der Waals surface area contributed by atoms with Gasteiger partial charge in [0.2, 0.25) is 5.76 Å². The first-order valence-corrected chi connectivity index (χ1v) is 6.99. The molecule has 1 atom stereocenters. The van der Waals surface area contributed by atoms with Crippen LogP contribution in [0.25, 0.3) is 0 Å². The van der Waals surface area contributed by atoms with Gasteiger partial charge in [-0.15, -0.1) is 11.3 Å². The lowest BCUT2D eigenvalue weighted by Gasteiger charge is -2.32. The quantitative estimate of drug-likeness (QED) is 0.913. The summed E-state index contributed by atoms with van der Waals surface area (Å²) in [5, 5.41) is 15.0. The molecule has 0 radical (unpaired) electrons. The Balaban J connectivity index is 1.97. The molecule has 1 N–H and O–H groups in total. The third-order valence-electron chi connectivity index (χ3n) is 3.30. The summed E-state index contributed by atoms with van der Waals surface area (Å²) in [5.74, 6) is -1.39. The van der Waals surface area contributed by atoms with Gasteiger partial charge in [0, 0.05) is 17.5 Å². The molecule has 3 rings (SSSR count). The minimum Gasteiger partial charge on any atom is -0.479 e. The first kappa shape index (κ1) is 12.9. The maximum atomic E-state index is 12.4. The van der Waals surface area contributed by atoms with Crippen molar-refractivity contribution in [2.75, 3.05) is 6.54 Å². The lowest BCUT2D eigenvalue weighted by atomic mass is 9.99. The molecule has 7 heteroatoms. The number of carbonyl (C=O) groups excluding carboxylic acids is 1. The maximum absolute atomic E-state index is 12.4. The molecule has 1 aliphatic rings. The van der Waals surface area contributed by atoms with Crippen molar-refractivity contribution in [3.05, 3.63) is 39.4 Å². The number of carboxylic acid groups (broad SMARTS) is 1. The number of rotatable bonds is 2. The number of nitrogens with zero attached hydrogens (tertiary/aromatic N) is 2. The Morgan fingerprint density at radius 3 is 3.00 bits per heavy atom. The van der Waals surface area contributed by atoms with Crippen LogP contribution in [0, 0.1) is 6.92 Å². The average Bonchev–Trinajstić information content (AvgIpc) is 3.04. The zero-order valence-electron chi connectivity index (χ0n) is 10.7. The molecule has 2 aromatic heterocycles. The van der Waals surface area contributed by atoms with E-state index in [1.54, 1.807) is 13.0 Å². The van der Waals surface area contributed by atoms with Crippen LogP contribution in [-0.2, 0) is 11.2 Å². The number of carbonyl (C=O) groups is 2. The number of aryl methyl sites for hydroxylation is 1. The van der Waals surface area contributed by atoms with E-state index >= 15 is 0 Å². The predicted molar refractivity (Wildman–Crippen MR) is 70.7 cm³/mol. The maximum Gasteiger partial charge on any atom is 0.331 e. The van der Waals surface area contributed by atoms with E-state index in [1.165, 1.54) is 22.3 Å². The molecule has 20 heavy (non-hydrogen) atoms. The molecular weight excluding hydrogens is 280 g/mol. The molecule has 0 saturated carbocycles. The SMILES string of the molecule is Cc1cc(C(=O)N2CCc3sccc3C2C(=O)O)on1. The van der Waals surface area contributed by atoms with Crippen molar-refractivity contribution >= 4 is 23.2 Å². The van der Waals surface area contributed by atoms with Gasteiger partial charge in [-0.2, -0.15) is 0 Å². The number of hydrogen-bond acceptors (Lipinski definition) is 5. The Bertz CT molecular complexity index is 675. The first-order valence-electron chi connectivity index (χ1n) is 6.11. The molecule has 0 aliphatic carbocycles. The Morgan fingerprint density at radius 1 is 1.55 bits per heavy atom. The number of aliphatic carboxylic acids is 1. The number of hydrogen-bond donors (Lipinski definition) is 1. The highest BCUT2D eigenvalue weighted by Crippen LogP contribution is 2.34. The van der Waals surface area contributed by atoms with E-state index in [4.69, 9.17) is 4.52 Å². The molecule has 0 saturated heterocycles. The fourth-order valence-corrected chi connectivity index (χ4v) is 3.31. The van der Waals surface area contributed by atoms with Crippen LogP contribution in [0.4, 0.5) is 0 Å². The van der Waals surface area contributed by atoms with Crippen LogP contribution in [0.3, 0.4) is 0 Å². The van der Waals surface area contributed by atoms with Gasteiger partial charge < -0.3 is 14.5 Å². The normalized spacial score (nSPS) is 17.9. The van der Waals surface area contributed by atoms with Crippen LogP contribution in [0.5, 0.6) is 0 Å². The molecular formula is C13H12N2O4S. The molecule has 0 bridgehead atoms. The summed E-state index contributed by atoms with van der Waals surface area (Å²) in [6.45, 7) is 2.07. The van der Waals surface area contributed by atoms with E-state index in [0.717, 1.165) is 4.88 Å². The van der Waals surface area contributed by atoms with Crippen molar-refractivity contribution in [2.45, 2.75) is 19.4 Å². The first-order chi connectivity index (χ1) is 9.58. The van der Waals surface area contributed by atoms with Crippen molar-refractivity contribution in [2.24, 2.45) is 0 Å². The molecule has 104 valence electrons. The van der Waals surface area contributed by atoms with Gasteiger partial charge in [0.1, 0.15) is 0 Å². The summed E-state index contributed by atoms with van der Waals surface area (Å²) in [4.78, 5) is 26.3. The number of aromatic nitrogens is 1. The van der Waals surface area contributed by atoms with Gasteiger partial charge in [0.25, 0.3) is 5.91 Å². The zero-order valence-corrected chi connectivity index (χ0v) is 11.5. The van der Waals surface area contributed by atoms with E-state index in [-0.39, 0.29) is 5.76 Å². The summed E-state index contributed by atoms with van der Waals surface area (Å²) >= 11 is 1.52. The van der Waals surface area contributed by atoms with Crippen molar-refractivity contribution in [1.82, 2.24) is 10.1 Å². The molecule has 0 spiro atoms. The number of carboxylic acids is 1. The van der Waals surface area contributed by atoms with E-state index in [9.17, 15) is 14.7 Å². The second kappa shape index (κ2) is 4.75. The molecule has 1 aliphatic heterocycles. The Morgan fingerprint density at radius 2 is 2.35 bits per heavy atom. The van der Waals surface area contributed by atoms with Crippen LogP contribution in [0.2, 0.25) is 0 Å². The summed E-state index contributed by atoms with van der Waals surface area (Å²) in [6, 6.07) is 2.33. The Kier molecular flexibility index (Phi) is 3.06. The summed E-state index contributed by atoms with van der Waals surface area (Å²) in [7, 11) is 0.